The lowest BCUT2D eigenvalue weighted by Crippen LogP contribution is -2.31. The molecule has 0 fully saturated rings. The lowest BCUT2D eigenvalue weighted by molar-refractivity contribution is -0.116. The maximum Gasteiger partial charge on any atom is 0.261 e. The molecule has 0 aliphatic carbocycles. The molecule has 3 aromatic rings. The predicted molar refractivity (Wildman–Crippen MR) is 105 cm³/mol. The van der Waals surface area contributed by atoms with Crippen LogP contribution in [0.4, 0.5) is 5.82 Å². The van der Waals surface area contributed by atoms with Crippen LogP contribution in [0.15, 0.2) is 54.0 Å². The molecule has 3 heterocycles. The molecule has 0 saturated heterocycles. The van der Waals surface area contributed by atoms with Gasteiger partial charge in [-0.1, -0.05) is 18.2 Å². The summed E-state index contributed by atoms with van der Waals surface area (Å²) in [5, 5.41) is 9.08. The summed E-state index contributed by atoms with van der Waals surface area (Å²) in [5.41, 5.74) is 0.851. The Hall–Kier alpha value is -3.26. The molecule has 28 heavy (non-hydrogen) atoms. The summed E-state index contributed by atoms with van der Waals surface area (Å²) < 4.78 is 1.73. The summed E-state index contributed by atoms with van der Waals surface area (Å²) in [6, 6.07) is 12.5. The number of benzene rings is 1. The van der Waals surface area contributed by atoms with Gasteiger partial charge in [-0.15, -0.1) is 11.3 Å². The molecule has 0 radical (unpaired) electrons. The second-order valence-electron chi connectivity index (χ2n) is 6.41. The number of nitrogens with zero attached hydrogens (tertiary/aromatic N) is 3. The van der Waals surface area contributed by atoms with Crippen LogP contribution in [0.25, 0.3) is 0 Å². The minimum absolute atomic E-state index is 0.176. The van der Waals surface area contributed by atoms with E-state index in [9.17, 15) is 14.4 Å². The topological polar surface area (TPSA) is 84.3 Å². The average molecular weight is 394 g/mol. The summed E-state index contributed by atoms with van der Waals surface area (Å²) >= 11 is 1.63. The van der Waals surface area contributed by atoms with E-state index in [-0.39, 0.29) is 30.7 Å². The third kappa shape index (κ3) is 3.59. The maximum atomic E-state index is 12.3. The van der Waals surface area contributed by atoms with Gasteiger partial charge in [0.25, 0.3) is 11.8 Å². The third-order valence-corrected chi connectivity index (χ3v) is 5.39. The van der Waals surface area contributed by atoms with Gasteiger partial charge in [0.05, 0.1) is 23.9 Å². The molecule has 142 valence electrons. The van der Waals surface area contributed by atoms with E-state index in [0.717, 1.165) is 4.88 Å². The lowest BCUT2D eigenvalue weighted by atomic mass is 10.1. The molecule has 4 rings (SSSR count). The van der Waals surface area contributed by atoms with Crippen molar-refractivity contribution in [2.75, 3.05) is 11.9 Å². The Kier molecular flexibility index (Phi) is 5.03. The maximum absolute atomic E-state index is 12.3. The molecule has 0 unspecified atom stereocenters. The number of anilines is 1. The SMILES string of the molecule is O=C(CCCN1C(=O)c2ccccc2C1=O)Nc1ccnn1Cc1cccs1. The Bertz CT molecular complexity index is 991. The monoisotopic (exact) mass is 394 g/mol. The van der Waals surface area contributed by atoms with Crippen molar-refractivity contribution in [2.24, 2.45) is 0 Å². The van der Waals surface area contributed by atoms with Crippen LogP contribution in [-0.4, -0.2) is 38.9 Å². The van der Waals surface area contributed by atoms with Gasteiger partial charge in [-0.25, -0.2) is 4.68 Å². The van der Waals surface area contributed by atoms with Crippen LogP contribution in [0.1, 0.15) is 38.4 Å². The van der Waals surface area contributed by atoms with Crippen molar-refractivity contribution in [1.82, 2.24) is 14.7 Å². The molecule has 8 heteroatoms. The van der Waals surface area contributed by atoms with Gasteiger partial charge < -0.3 is 5.32 Å². The third-order valence-electron chi connectivity index (χ3n) is 4.53. The number of rotatable bonds is 7. The van der Waals surface area contributed by atoms with Gasteiger partial charge in [0.1, 0.15) is 5.82 Å². The molecule has 2 aromatic heterocycles. The quantitative estimate of drug-likeness (QED) is 0.625. The zero-order valence-corrected chi connectivity index (χ0v) is 15.8. The summed E-state index contributed by atoms with van der Waals surface area (Å²) in [6.45, 7) is 0.809. The highest BCUT2D eigenvalue weighted by Gasteiger charge is 2.34. The fraction of sp³-hybridized carbons (Fsp3) is 0.200. The van der Waals surface area contributed by atoms with E-state index in [1.807, 2.05) is 17.5 Å². The first-order valence-electron chi connectivity index (χ1n) is 8.93. The highest BCUT2D eigenvalue weighted by atomic mass is 32.1. The van der Waals surface area contributed by atoms with E-state index < -0.39 is 0 Å². The molecule has 1 aromatic carbocycles. The first kappa shape index (κ1) is 18.1. The van der Waals surface area contributed by atoms with Gasteiger partial charge >= 0.3 is 0 Å². The number of carbonyl (C=O) groups excluding carboxylic acids is 3. The van der Waals surface area contributed by atoms with E-state index in [1.165, 1.54) is 4.90 Å². The highest BCUT2D eigenvalue weighted by Crippen LogP contribution is 2.22. The second-order valence-corrected chi connectivity index (χ2v) is 7.44. The van der Waals surface area contributed by atoms with Crippen molar-refractivity contribution in [3.05, 3.63) is 70.0 Å². The molecule has 0 atom stereocenters. The average Bonchev–Trinajstić information content (AvgIpc) is 3.41. The number of imide groups is 1. The van der Waals surface area contributed by atoms with Crippen LogP contribution in [0.3, 0.4) is 0 Å². The fourth-order valence-electron chi connectivity index (χ4n) is 3.16. The van der Waals surface area contributed by atoms with E-state index in [4.69, 9.17) is 0 Å². The largest absolute Gasteiger partial charge is 0.311 e. The van der Waals surface area contributed by atoms with Gasteiger partial charge in [0.2, 0.25) is 5.91 Å². The Morgan fingerprint density at radius 1 is 1.04 bits per heavy atom. The van der Waals surface area contributed by atoms with Crippen LogP contribution < -0.4 is 5.32 Å². The van der Waals surface area contributed by atoms with Crippen LogP contribution in [0.2, 0.25) is 0 Å². The molecule has 0 bridgehead atoms. The molecule has 1 N–H and O–H groups in total. The first-order chi connectivity index (χ1) is 13.6. The van der Waals surface area contributed by atoms with Gasteiger partial charge in [-0.2, -0.15) is 5.10 Å². The summed E-state index contributed by atoms with van der Waals surface area (Å²) in [5.74, 6) is -0.145. The second kappa shape index (κ2) is 7.77. The molecule has 1 aliphatic rings. The molecule has 0 saturated carbocycles. The molecule has 1 aliphatic heterocycles. The Morgan fingerprint density at radius 2 is 1.79 bits per heavy atom. The molecule has 7 nitrogen and oxygen atoms in total. The van der Waals surface area contributed by atoms with Gasteiger partial charge in [-0.05, 0) is 30.0 Å². The van der Waals surface area contributed by atoms with Crippen LogP contribution in [0.5, 0.6) is 0 Å². The number of nitrogens with one attached hydrogen (secondary N) is 1. The van der Waals surface area contributed by atoms with E-state index in [2.05, 4.69) is 10.4 Å². The Balaban J connectivity index is 1.30. The minimum Gasteiger partial charge on any atom is -0.311 e. The lowest BCUT2D eigenvalue weighted by Gasteiger charge is -2.13. The molecule has 3 amide bonds. The van der Waals surface area contributed by atoms with Gasteiger partial charge in [0, 0.05) is 23.9 Å². The van der Waals surface area contributed by atoms with E-state index in [1.54, 1.807) is 52.5 Å². The molecular formula is C20H18N4O3S. The first-order valence-corrected chi connectivity index (χ1v) is 9.81. The Labute approximate surface area is 165 Å². The zero-order valence-electron chi connectivity index (χ0n) is 15.0. The van der Waals surface area contributed by atoms with Crippen molar-refractivity contribution in [1.29, 1.82) is 0 Å². The molecule has 0 spiro atoms. The number of carbonyl (C=O) groups is 3. The summed E-state index contributed by atoms with van der Waals surface area (Å²) in [6.07, 6.45) is 2.25. The van der Waals surface area contributed by atoms with Crippen LogP contribution in [0, 0.1) is 0 Å². The van der Waals surface area contributed by atoms with E-state index >= 15 is 0 Å². The van der Waals surface area contributed by atoms with Crippen molar-refractivity contribution in [3.8, 4) is 0 Å². The number of fused-ring (bicyclic) bond motifs is 1. The van der Waals surface area contributed by atoms with Crippen molar-refractivity contribution >= 4 is 34.9 Å². The van der Waals surface area contributed by atoms with Gasteiger partial charge in [-0.3, -0.25) is 19.3 Å². The highest BCUT2D eigenvalue weighted by molar-refractivity contribution is 7.09. The minimum atomic E-state index is -0.296. The fourth-order valence-corrected chi connectivity index (χ4v) is 3.85. The zero-order chi connectivity index (χ0) is 19.5. The normalized spacial score (nSPS) is 13.1. The van der Waals surface area contributed by atoms with Crippen LogP contribution in [-0.2, 0) is 11.3 Å². The predicted octanol–water partition coefficient (Wildman–Crippen LogP) is 3.01. The number of aromatic nitrogens is 2. The number of amides is 3. The summed E-state index contributed by atoms with van der Waals surface area (Å²) in [4.78, 5) is 39.3. The summed E-state index contributed by atoms with van der Waals surface area (Å²) in [7, 11) is 0. The smallest absolute Gasteiger partial charge is 0.261 e. The van der Waals surface area contributed by atoms with Crippen molar-refractivity contribution in [3.63, 3.8) is 0 Å². The number of hydrogen-bond donors (Lipinski definition) is 1. The van der Waals surface area contributed by atoms with Crippen molar-refractivity contribution in [2.45, 2.75) is 19.4 Å². The van der Waals surface area contributed by atoms with E-state index in [0.29, 0.717) is 29.9 Å². The van der Waals surface area contributed by atoms with Crippen molar-refractivity contribution < 1.29 is 14.4 Å². The molecular weight excluding hydrogens is 376 g/mol. The number of hydrogen-bond acceptors (Lipinski definition) is 5. The number of thiophene rings is 1. The van der Waals surface area contributed by atoms with Crippen LogP contribution >= 0.6 is 11.3 Å². The Morgan fingerprint density at radius 3 is 2.46 bits per heavy atom. The standard InChI is InChI=1S/C20H18N4O3S/c25-18(22-17-9-10-21-24(17)13-14-5-4-12-28-14)8-3-11-23-19(26)15-6-1-2-7-16(15)20(23)27/h1-2,4-7,9-10,12H,3,8,11,13H2,(H,22,25). The van der Waals surface area contributed by atoms with Gasteiger partial charge in [0.15, 0.2) is 0 Å².